The lowest BCUT2D eigenvalue weighted by Gasteiger charge is -2.41. The summed E-state index contributed by atoms with van der Waals surface area (Å²) in [5.74, 6) is 2.74. The number of para-hydroxylation sites is 1. The van der Waals surface area contributed by atoms with Crippen molar-refractivity contribution < 1.29 is 28.8 Å². The fraction of sp³-hybridized carbons (Fsp3) is 0.333. The molecule has 0 aromatic heterocycles. The van der Waals surface area contributed by atoms with Gasteiger partial charge in [-0.1, -0.05) is 18.2 Å². The molecule has 3 aliphatic rings. The highest BCUT2D eigenvalue weighted by Crippen LogP contribution is 2.55. The molecule has 0 amide bonds. The third-order valence-corrected chi connectivity index (χ3v) is 7.23. The molecule has 0 spiro atoms. The second kappa shape index (κ2) is 8.33. The van der Waals surface area contributed by atoms with Gasteiger partial charge < -0.3 is 34.1 Å². The molecule has 1 fully saturated rings. The van der Waals surface area contributed by atoms with Crippen molar-refractivity contribution in [3.8, 4) is 28.7 Å². The van der Waals surface area contributed by atoms with Crippen LogP contribution in [-0.2, 0) is 4.74 Å². The summed E-state index contributed by atoms with van der Waals surface area (Å²) in [5.41, 5.74) is 4.38. The minimum absolute atomic E-state index is 0.00156. The Morgan fingerprint density at radius 1 is 0.853 bits per heavy atom. The molecule has 3 aromatic carbocycles. The van der Waals surface area contributed by atoms with Gasteiger partial charge in [0.15, 0.2) is 23.0 Å². The molecule has 6 rings (SSSR count). The van der Waals surface area contributed by atoms with E-state index in [2.05, 4.69) is 29.6 Å². The molecule has 7 heteroatoms. The number of ether oxygens (including phenoxy) is 5. The molecule has 7 nitrogen and oxygen atoms in total. The monoisotopic (exact) mass is 461 g/mol. The topological polar surface area (TPSA) is 78.4 Å². The van der Waals surface area contributed by atoms with E-state index in [9.17, 15) is 5.11 Å². The zero-order valence-corrected chi connectivity index (χ0v) is 19.1. The fourth-order valence-electron chi connectivity index (χ4n) is 5.67. The van der Waals surface area contributed by atoms with Crippen molar-refractivity contribution in [2.75, 3.05) is 39.5 Å². The van der Waals surface area contributed by atoms with Crippen molar-refractivity contribution in [1.82, 2.24) is 0 Å². The van der Waals surface area contributed by atoms with E-state index in [1.54, 1.807) is 14.2 Å². The van der Waals surface area contributed by atoms with Crippen LogP contribution in [0, 0.1) is 11.8 Å². The SMILES string of the molecule is COc1cc([C@@H]2c3cc4c(cc3[C@@H](Nc3ccccc3)[C@H]3COC[C@H]23)OCO4)cc(OC)c1O. The van der Waals surface area contributed by atoms with E-state index in [1.807, 2.05) is 30.3 Å². The number of hydrogen-bond donors (Lipinski definition) is 2. The Balaban J connectivity index is 1.53. The molecule has 2 N–H and O–H groups in total. The van der Waals surface area contributed by atoms with E-state index in [0.717, 1.165) is 33.9 Å². The van der Waals surface area contributed by atoms with Crippen molar-refractivity contribution in [2.24, 2.45) is 11.8 Å². The van der Waals surface area contributed by atoms with E-state index in [-0.39, 0.29) is 36.3 Å². The smallest absolute Gasteiger partial charge is 0.231 e. The molecular formula is C27H27NO6. The van der Waals surface area contributed by atoms with E-state index in [1.165, 1.54) is 0 Å². The molecule has 176 valence electrons. The first-order chi connectivity index (χ1) is 16.7. The summed E-state index contributed by atoms with van der Waals surface area (Å²) >= 11 is 0. The highest BCUT2D eigenvalue weighted by atomic mass is 16.7. The van der Waals surface area contributed by atoms with Crippen molar-refractivity contribution in [1.29, 1.82) is 0 Å². The first kappa shape index (κ1) is 21.0. The molecule has 34 heavy (non-hydrogen) atoms. The quantitative estimate of drug-likeness (QED) is 0.570. The summed E-state index contributed by atoms with van der Waals surface area (Å²) in [6.07, 6.45) is 0. The normalized spacial score (nSPS) is 24.3. The van der Waals surface area contributed by atoms with Gasteiger partial charge in [-0.25, -0.2) is 0 Å². The van der Waals surface area contributed by atoms with Gasteiger partial charge in [0, 0.05) is 23.4 Å². The lowest BCUT2D eigenvalue weighted by Crippen LogP contribution is -2.36. The summed E-state index contributed by atoms with van der Waals surface area (Å²) in [5, 5.41) is 14.3. The van der Waals surface area contributed by atoms with E-state index in [4.69, 9.17) is 23.7 Å². The minimum atomic E-state index is -0.00156. The van der Waals surface area contributed by atoms with Crippen LogP contribution in [0.5, 0.6) is 28.7 Å². The van der Waals surface area contributed by atoms with E-state index in [0.29, 0.717) is 24.7 Å². The Morgan fingerprint density at radius 2 is 1.50 bits per heavy atom. The number of aromatic hydroxyl groups is 1. The van der Waals surface area contributed by atoms with Crippen molar-refractivity contribution in [2.45, 2.75) is 12.0 Å². The van der Waals surface area contributed by atoms with Gasteiger partial charge in [0.2, 0.25) is 12.5 Å². The van der Waals surface area contributed by atoms with Crippen LogP contribution in [0.15, 0.2) is 54.6 Å². The Morgan fingerprint density at radius 3 is 2.18 bits per heavy atom. The van der Waals surface area contributed by atoms with Crippen molar-refractivity contribution in [3.05, 3.63) is 71.3 Å². The first-order valence-corrected chi connectivity index (χ1v) is 11.5. The van der Waals surface area contributed by atoms with Crippen LogP contribution >= 0.6 is 0 Å². The van der Waals surface area contributed by atoms with Crippen LogP contribution in [0.1, 0.15) is 28.7 Å². The highest BCUT2D eigenvalue weighted by molar-refractivity contribution is 5.60. The van der Waals surface area contributed by atoms with Crippen LogP contribution in [0.2, 0.25) is 0 Å². The average Bonchev–Trinajstić information content (AvgIpc) is 3.53. The summed E-state index contributed by atoms with van der Waals surface area (Å²) < 4.78 is 28.5. The highest BCUT2D eigenvalue weighted by Gasteiger charge is 2.47. The lowest BCUT2D eigenvalue weighted by atomic mass is 9.65. The van der Waals surface area contributed by atoms with E-state index >= 15 is 0 Å². The molecule has 2 heterocycles. The number of fused-ring (bicyclic) bond motifs is 3. The molecule has 0 radical (unpaired) electrons. The first-order valence-electron chi connectivity index (χ1n) is 11.5. The maximum absolute atomic E-state index is 10.5. The minimum Gasteiger partial charge on any atom is -0.502 e. The zero-order chi connectivity index (χ0) is 23.2. The number of nitrogens with one attached hydrogen (secondary N) is 1. The summed E-state index contributed by atoms with van der Waals surface area (Å²) in [6, 6.07) is 18.3. The van der Waals surface area contributed by atoms with Gasteiger partial charge in [0.25, 0.3) is 0 Å². The second-order valence-corrected chi connectivity index (χ2v) is 8.94. The lowest BCUT2D eigenvalue weighted by molar-refractivity contribution is 0.173. The van der Waals surface area contributed by atoms with Crippen LogP contribution in [0.4, 0.5) is 5.69 Å². The van der Waals surface area contributed by atoms with Crippen LogP contribution in [-0.4, -0.2) is 39.3 Å². The standard InChI is InChI=1S/C27H27NO6/c1-30-23-8-15(9-24(31-2)27(23)29)25-17-10-21-22(34-14-33-21)11-18(17)26(20-13-32-12-19(20)25)28-16-6-4-3-5-7-16/h3-11,19-20,25-26,28-29H,12-14H2,1-2H3/t19-,20-,25+,26+/m0/s1. The maximum Gasteiger partial charge on any atom is 0.231 e. The van der Waals surface area contributed by atoms with Crippen LogP contribution in [0.25, 0.3) is 0 Å². The summed E-state index contributed by atoms with van der Waals surface area (Å²) in [7, 11) is 3.10. The largest absolute Gasteiger partial charge is 0.502 e. The summed E-state index contributed by atoms with van der Waals surface area (Å²) in [6.45, 7) is 1.52. The van der Waals surface area contributed by atoms with Gasteiger partial charge in [0.05, 0.1) is 33.5 Å². The number of methoxy groups -OCH3 is 2. The third kappa shape index (κ3) is 3.30. The Kier molecular flexibility index (Phi) is 5.14. The van der Waals surface area contributed by atoms with Gasteiger partial charge in [-0.15, -0.1) is 0 Å². The Bertz CT molecular complexity index is 1190. The molecule has 3 aromatic rings. The number of phenolic OH excluding ortho intramolecular Hbond substituents is 1. The second-order valence-electron chi connectivity index (χ2n) is 8.94. The molecule has 0 unspecified atom stereocenters. The fourth-order valence-corrected chi connectivity index (χ4v) is 5.67. The molecule has 0 saturated carbocycles. The van der Waals surface area contributed by atoms with E-state index < -0.39 is 0 Å². The molecule has 4 atom stereocenters. The Hall–Kier alpha value is -3.58. The van der Waals surface area contributed by atoms with Gasteiger partial charge >= 0.3 is 0 Å². The maximum atomic E-state index is 10.5. The molecular weight excluding hydrogens is 434 g/mol. The number of benzene rings is 3. The molecule has 1 saturated heterocycles. The number of phenols is 1. The van der Waals surface area contributed by atoms with Crippen LogP contribution < -0.4 is 24.3 Å². The summed E-state index contributed by atoms with van der Waals surface area (Å²) in [4.78, 5) is 0. The van der Waals surface area contributed by atoms with Crippen molar-refractivity contribution >= 4 is 5.69 Å². The Labute approximate surface area is 198 Å². The molecule has 2 aliphatic heterocycles. The van der Waals surface area contributed by atoms with Gasteiger partial charge in [-0.2, -0.15) is 0 Å². The predicted octanol–water partition coefficient (Wildman–Crippen LogP) is 4.70. The average molecular weight is 462 g/mol. The number of hydrogen-bond acceptors (Lipinski definition) is 7. The molecule has 1 aliphatic carbocycles. The van der Waals surface area contributed by atoms with Crippen molar-refractivity contribution in [3.63, 3.8) is 0 Å². The van der Waals surface area contributed by atoms with Crippen LogP contribution in [0.3, 0.4) is 0 Å². The molecule has 0 bridgehead atoms. The van der Waals surface area contributed by atoms with Gasteiger partial charge in [0.1, 0.15) is 0 Å². The zero-order valence-electron chi connectivity index (χ0n) is 19.1. The number of anilines is 1. The predicted molar refractivity (Wildman–Crippen MR) is 126 cm³/mol. The third-order valence-electron chi connectivity index (χ3n) is 7.23. The van der Waals surface area contributed by atoms with Gasteiger partial charge in [-0.05, 0) is 53.1 Å². The van der Waals surface area contributed by atoms with Gasteiger partial charge in [-0.3, -0.25) is 0 Å². The number of rotatable bonds is 5.